The van der Waals surface area contributed by atoms with E-state index in [9.17, 15) is 4.79 Å². The van der Waals surface area contributed by atoms with Crippen LogP contribution in [0.5, 0.6) is 0 Å². The van der Waals surface area contributed by atoms with E-state index >= 15 is 0 Å². The molecular formula is C11H22N2O2. The molecule has 1 rings (SSSR count). The van der Waals surface area contributed by atoms with Gasteiger partial charge < -0.3 is 15.4 Å². The predicted molar refractivity (Wildman–Crippen MR) is 59.8 cm³/mol. The largest absolute Gasteiger partial charge is 0.367 e. The van der Waals surface area contributed by atoms with Crippen molar-refractivity contribution in [3.8, 4) is 0 Å². The van der Waals surface area contributed by atoms with E-state index in [0.717, 1.165) is 45.3 Å². The van der Waals surface area contributed by atoms with Gasteiger partial charge in [0.15, 0.2) is 0 Å². The highest BCUT2D eigenvalue weighted by Gasteiger charge is 2.14. The van der Waals surface area contributed by atoms with Gasteiger partial charge in [-0.15, -0.1) is 0 Å². The number of hydrogen-bond acceptors (Lipinski definition) is 3. The summed E-state index contributed by atoms with van der Waals surface area (Å²) in [5.41, 5.74) is 0. The molecule has 1 fully saturated rings. The number of carbonyl (C=O) groups is 1. The van der Waals surface area contributed by atoms with Crippen molar-refractivity contribution in [2.45, 2.75) is 38.7 Å². The number of rotatable bonds is 6. The average Bonchev–Trinajstić information content (AvgIpc) is 2.28. The summed E-state index contributed by atoms with van der Waals surface area (Å²) in [6.07, 6.45) is 4.57. The quantitative estimate of drug-likeness (QED) is 0.639. The first kappa shape index (κ1) is 12.5. The van der Waals surface area contributed by atoms with E-state index in [2.05, 4.69) is 17.6 Å². The number of carbonyl (C=O) groups excluding carboxylic acids is 1. The van der Waals surface area contributed by atoms with Gasteiger partial charge in [-0.1, -0.05) is 13.3 Å². The summed E-state index contributed by atoms with van der Waals surface area (Å²) < 4.78 is 5.50. The lowest BCUT2D eigenvalue weighted by molar-refractivity contribution is -0.128. The molecule has 1 aliphatic heterocycles. The van der Waals surface area contributed by atoms with Gasteiger partial charge >= 0.3 is 0 Å². The van der Waals surface area contributed by atoms with Crippen LogP contribution in [0, 0.1) is 0 Å². The van der Waals surface area contributed by atoms with Crippen molar-refractivity contribution in [1.82, 2.24) is 10.6 Å². The van der Waals surface area contributed by atoms with E-state index in [0.29, 0.717) is 0 Å². The Hall–Kier alpha value is -0.610. The normalized spacial score (nSPS) is 21.3. The van der Waals surface area contributed by atoms with Crippen molar-refractivity contribution in [2.75, 3.05) is 26.2 Å². The first-order valence-corrected chi connectivity index (χ1v) is 5.92. The zero-order valence-corrected chi connectivity index (χ0v) is 9.55. The fourth-order valence-electron chi connectivity index (χ4n) is 1.61. The first-order chi connectivity index (χ1) is 7.33. The second-order valence-electron chi connectivity index (χ2n) is 3.98. The van der Waals surface area contributed by atoms with Gasteiger partial charge in [0.1, 0.15) is 6.61 Å². The monoisotopic (exact) mass is 214 g/mol. The Kier molecular flexibility index (Phi) is 6.36. The third-order valence-corrected chi connectivity index (χ3v) is 2.55. The second-order valence-corrected chi connectivity index (χ2v) is 3.98. The summed E-state index contributed by atoms with van der Waals surface area (Å²) in [4.78, 5) is 11.3. The Labute approximate surface area is 91.8 Å². The zero-order valence-electron chi connectivity index (χ0n) is 9.55. The fraction of sp³-hybridized carbons (Fsp3) is 0.909. The van der Waals surface area contributed by atoms with Gasteiger partial charge in [-0.25, -0.2) is 0 Å². The maximum absolute atomic E-state index is 11.3. The van der Waals surface area contributed by atoms with E-state index in [1.54, 1.807) is 0 Å². The molecule has 2 N–H and O–H groups in total. The summed E-state index contributed by atoms with van der Waals surface area (Å²) in [5.74, 6) is 0.00836. The van der Waals surface area contributed by atoms with Crippen LogP contribution in [0.2, 0.25) is 0 Å². The zero-order chi connectivity index (χ0) is 10.9. The Morgan fingerprint density at radius 2 is 2.47 bits per heavy atom. The second kappa shape index (κ2) is 7.65. The molecule has 1 atom stereocenters. The molecule has 0 saturated carbocycles. The molecule has 88 valence electrons. The lowest BCUT2D eigenvalue weighted by atomic mass is 10.1. The van der Waals surface area contributed by atoms with Gasteiger partial charge in [0.2, 0.25) is 5.91 Å². The molecule has 1 aliphatic rings. The van der Waals surface area contributed by atoms with Gasteiger partial charge in [0.25, 0.3) is 0 Å². The topological polar surface area (TPSA) is 50.4 Å². The summed E-state index contributed by atoms with van der Waals surface area (Å²) in [6.45, 7) is 5.03. The molecule has 15 heavy (non-hydrogen) atoms. The fourth-order valence-corrected chi connectivity index (χ4v) is 1.61. The molecular weight excluding hydrogens is 192 g/mol. The molecule has 0 spiro atoms. The smallest absolute Gasteiger partial charge is 0.246 e. The number of unbranched alkanes of at least 4 members (excludes halogenated alkanes) is 1. The maximum Gasteiger partial charge on any atom is 0.246 e. The summed E-state index contributed by atoms with van der Waals surface area (Å²) >= 11 is 0. The third kappa shape index (κ3) is 5.74. The molecule has 1 heterocycles. The van der Waals surface area contributed by atoms with Gasteiger partial charge in [-0.05, 0) is 25.8 Å². The number of ether oxygens (including phenoxy) is 1. The molecule has 0 aliphatic carbocycles. The lowest BCUT2D eigenvalue weighted by Crippen LogP contribution is -2.38. The van der Waals surface area contributed by atoms with Crippen LogP contribution in [-0.2, 0) is 9.53 Å². The van der Waals surface area contributed by atoms with Crippen LogP contribution < -0.4 is 10.6 Å². The van der Waals surface area contributed by atoms with Gasteiger partial charge in [0.05, 0.1) is 6.10 Å². The highest BCUT2D eigenvalue weighted by Crippen LogP contribution is 2.05. The van der Waals surface area contributed by atoms with Crippen LogP contribution in [0.4, 0.5) is 0 Å². The average molecular weight is 214 g/mol. The standard InChI is InChI=1S/C11H22N2O2/c1-2-3-7-13-11(14)9-15-10-5-4-6-12-8-10/h10,12H,2-9H2,1H3,(H,13,14). The van der Waals surface area contributed by atoms with Crippen molar-refractivity contribution in [3.63, 3.8) is 0 Å². The summed E-state index contributed by atoms with van der Waals surface area (Å²) in [7, 11) is 0. The molecule has 0 aromatic heterocycles. The number of nitrogens with one attached hydrogen (secondary N) is 2. The SMILES string of the molecule is CCCCNC(=O)COC1CCCNC1. The first-order valence-electron chi connectivity index (χ1n) is 5.92. The highest BCUT2D eigenvalue weighted by molar-refractivity contribution is 5.77. The van der Waals surface area contributed by atoms with E-state index in [1.165, 1.54) is 0 Å². The third-order valence-electron chi connectivity index (χ3n) is 2.55. The minimum Gasteiger partial charge on any atom is -0.367 e. The van der Waals surface area contributed by atoms with Crippen molar-refractivity contribution in [3.05, 3.63) is 0 Å². The van der Waals surface area contributed by atoms with Gasteiger partial charge in [-0.2, -0.15) is 0 Å². The molecule has 1 unspecified atom stereocenters. The molecule has 1 amide bonds. The van der Waals surface area contributed by atoms with E-state index in [-0.39, 0.29) is 18.6 Å². The van der Waals surface area contributed by atoms with Crippen molar-refractivity contribution in [2.24, 2.45) is 0 Å². The van der Waals surface area contributed by atoms with E-state index in [1.807, 2.05) is 0 Å². The predicted octanol–water partition coefficient (Wildman–Crippen LogP) is 0.671. The molecule has 4 heteroatoms. The summed E-state index contributed by atoms with van der Waals surface area (Å²) in [5, 5.41) is 6.09. The number of piperidine rings is 1. The van der Waals surface area contributed by atoms with E-state index in [4.69, 9.17) is 4.74 Å². The van der Waals surface area contributed by atoms with Crippen molar-refractivity contribution < 1.29 is 9.53 Å². The van der Waals surface area contributed by atoms with Gasteiger partial charge in [-0.3, -0.25) is 4.79 Å². The highest BCUT2D eigenvalue weighted by atomic mass is 16.5. The Morgan fingerprint density at radius 1 is 1.60 bits per heavy atom. The Bertz CT molecular complexity index is 179. The Balaban J connectivity index is 2.00. The molecule has 0 radical (unpaired) electrons. The van der Waals surface area contributed by atoms with Crippen LogP contribution in [-0.4, -0.2) is 38.3 Å². The van der Waals surface area contributed by atoms with Crippen LogP contribution >= 0.6 is 0 Å². The lowest BCUT2D eigenvalue weighted by Gasteiger charge is -2.22. The molecule has 4 nitrogen and oxygen atoms in total. The van der Waals surface area contributed by atoms with Crippen LogP contribution in [0.15, 0.2) is 0 Å². The van der Waals surface area contributed by atoms with Crippen molar-refractivity contribution in [1.29, 1.82) is 0 Å². The van der Waals surface area contributed by atoms with Gasteiger partial charge in [0, 0.05) is 13.1 Å². The maximum atomic E-state index is 11.3. The number of amides is 1. The molecule has 0 aromatic carbocycles. The molecule has 0 aromatic rings. The van der Waals surface area contributed by atoms with Crippen LogP contribution in [0.25, 0.3) is 0 Å². The van der Waals surface area contributed by atoms with E-state index < -0.39 is 0 Å². The van der Waals surface area contributed by atoms with Crippen molar-refractivity contribution >= 4 is 5.91 Å². The minimum absolute atomic E-state index is 0.00836. The van der Waals surface area contributed by atoms with Crippen LogP contribution in [0.3, 0.4) is 0 Å². The summed E-state index contributed by atoms with van der Waals surface area (Å²) in [6, 6.07) is 0. The molecule has 0 bridgehead atoms. The minimum atomic E-state index is 0.00836. The Morgan fingerprint density at radius 3 is 3.13 bits per heavy atom. The van der Waals surface area contributed by atoms with Crippen LogP contribution in [0.1, 0.15) is 32.6 Å². The number of hydrogen-bond donors (Lipinski definition) is 2. The molecule has 1 saturated heterocycles.